The molecule has 0 aliphatic heterocycles. The first-order chi connectivity index (χ1) is 12.9. The van der Waals surface area contributed by atoms with Gasteiger partial charge in [0.15, 0.2) is 17.3 Å². The predicted molar refractivity (Wildman–Crippen MR) is 92.8 cm³/mol. The maximum Gasteiger partial charge on any atom is 0.272 e. The lowest BCUT2D eigenvalue weighted by Gasteiger charge is -2.23. The van der Waals surface area contributed by atoms with Crippen molar-refractivity contribution in [2.45, 2.75) is 50.5 Å². The van der Waals surface area contributed by atoms with Crippen LogP contribution >= 0.6 is 0 Å². The third-order valence-electron chi connectivity index (χ3n) is 6.20. The Balaban J connectivity index is 1.56. The molecule has 1 unspecified atom stereocenters. The van der Waals surface area contributed by atoms with E-state index in [1.54, 1.807) is 6.92 Å². The zero-order valence-electron chi connectivity index (χ0n) is 14.9. The summed E-state index contributed by atoms with van der Waals surface area (Å²) in [6.07, 6.45) is 3.56. The van der Waals surface area contributed by atoms with Gasteiger partial charge in [0.25, 0.3) is 5.91 Å². The molecule has 0 radical (unpaired) electrons. The van der Waals surface area contributed by atoms with Crippen LogP contribution in [-0.4, -0.2) is 27.0 Å². The van der Waals surface area contributed by atoms with E-state index in [-0.39, 0.29) is 23.1 Å². The first-order valence-corrected chi connectivity index (χ1v) is 9.30. The molecule has 5 nitrogen and oxygen atoms in total. The van der Waals surface area contributed by atoms with Gasteiger partial charge in [0, 0.05) is 24.0 Å². The van der Waals surface area contributed by atoms with Crippen molar-refractivity contribution in [3.8, 4) is 5.69 Å². The molecule has 1 N–H and O–H groups in total. The van der Waals surface area contributed by atoms with Gasteiger partial charge in [-0.25, -0.2) is 13.5 Å². The summed E-state index contributed by atoms with van der Waals surface area (Å²) in [5.41, 5.74) is 1.20. The van der Waals surface area contributed by atoms with Crippen LogP contribution in [0.3, 0.4) is 0 Å². The highest BCUT2D eigenvalue weighted by atomic mass is 19.1. The average Bonchev–Trinajstić information content (AvgIpc) is 2.94. The number of aromatic nitrogens is 2. The predicted octanol–water partition coefficient (Wildman–Crippen LogP) is 3.05. The Hall–Kier alpha value is -2.57. The van der Waals surface area contributed by atoms with Crippen molar-refractivity contribution in [3.63, 3.8) is 0 Å². The Bertz CT molecular complexity index is 999. The van der Waals surface area contributed by atoms with Gasteiger partial charge in [0.1, 0.15) is 11.5 Å². The van der Waals surface area contributed by atoms with Gasteiger partial charge in [0.2, 0.25) is 0 Å². The van der Waals surface area contributed by atoms with Crippen LogP contribution in [0.1, 0.15) is 60.3 Å². The number of carbonyl (C=O) groups is 2. The van der Waals surface area contributed by atoms with Crippen molar-refractivity contribution in [3.05, 3.63) is 46.8 Å². The molecule has 5 rings (SSSR count). The maximum atomic E-state index is 14.3. The third kappa shape index (κ3) is 2.44. The van der Waals surface area contributed by atoms with Crippen LogP contribution in [0.25, 0.3) is 5.69 Å². The lowest BCUT2D eigenvalue weighted by molar-refractivity contribution is -0.122. The zero-order valence-corrected chi connectivity index (χ0v) is 14.9. The lowest BCUT2D eigenvalue weighted by Crippen LogP contribution is -2.49. The Morgan fingerprint density at radius 3 is 2.89 bits per heavy atom. The van der Waals surface area contributed by atoms with Crippen LogP contribution in [0.4, 0.5) is 8.78 Å². The van der Waals surface area contributed by atoms with Crippen LogP contribution in [-0.2, 0) is 11.2 Å². The van der Waals surface area contributed by atoms with Crippen LogP contribution in [0.2, 0.25) is 0 Å². The molecule has 1 amide bonds. The fraction of sp³-hybridized carbons (Fsp3) is 0.450. The monoisotopic (exact) mass is 371 g/mol. The van der Waals surface area contributed by atoms with E-state index in [9.17, 15) is 18.4 Å². The zero-order chi connectivity index (χ0) is 18.9. The summed E-state index contributed by atoms with van der Waals surface area (Å²) in [7, 11) is 0. The van der Waals surface area contributed by atoms with E-state index >= 15 is 0 Å². The average molecular weight is 371 g/mol. The van der Waals surface area contributed by atoms with Gasteiger partial charge in [-0.1, -0.05) is 0 Å². The molecule has 0 bridgehead atoms. The molecule has 3 atom stereocenters. The summed E-state index contributed by atoms with van der Waals surface area (Å²) < 4.78 is 29.1. The second-order valence-corrected chi connectivity index (χ2v) is 8.09. The number of nitrogens with zero attached hydrogens (tertiary/aromatic N) is 2. The number of hydrogen-bond donors (Lipinski definition) is 1. The van der Waals surface area contributed by atoms with Crippen molar-refractivity contribution in [1.82, 2.24) is 15.1 Å². The maximum absolute atomic E-state index is 14.3. The number of nitrogens with one attached hydrogen (secondary N) is 1. The minimum atomic E-state index is -0.865. The number of benzene rings is 1. The van der Waals surface area contributed by atoms with Crippen LogP contribution < -0.4 is 5.32 Å². The number of hydrogen-bond acceptors (Lipinski definition) is 3. The van der Waals surface area contributed by atoms with E-state index in [4.69, 9.17) is 0 Å². The highest BCUT2D eigenvalue weighted by Gasteiger charge is 2.51. The van der Waals surface area contributed by atoms with Crippen molar-refractivity contribution in [2.24, 2.45) is 5.92 Å². The van der Waals surface area contributed by atoms with Crippen molar-refractivity contribution < 1.29 is 18.4 Å². The Morgan fingerprint density at radius 2 is 2.19 bits per heavy atom. The minimum absolute atomic E-state index is 0.0272. The SMILES string of the molecule is CC1(NC(=O)c2nn(-c3ccc(F)cc3F)c3c2C[C@H]2C[C@@H]32)CCCC1=O. The van der Waals surface area contributed by atoms with E-state index in [2.05, 4.69) is 10.4 Å². The minimum Gasteiger partial charge on any atom is -0.338 e. The van der Waals surface area contributed by atoms with Gasteiger partial charge in [-0.3, -0.25) is 9.59 Å². The first-order valence-electron chi connectivity index (χ1n) is 9.30. The number of fused-ring (bicyclic) bond motifs is 3. The summed E-state index contributed by atoms with van der Waals surface area (Å²) in [5.74, 6) is -1.01. The number of rotatable bonds is 3. The molecule has 3 aliphatic carbocycles. The van der Waals surface area contributed by atoms with Crippen molar-refractivity contribution in [1.29, 1.82) is 0 Å². The summed E-state index contributed by atoms with van der Waals surface area (Å²) in [6, 6.07) is 3.35. The summed E-state index contributed by atoms with van der Waals surface area (Å²) >= 11 is 0. The topological polar surface area (TPSA) is 64.0 Å². The molecule has 2 aromatic rings. The Kier molecular flexibility index (Phi) is 3.36. The van der Waals surface area contributed by atoms with Gasteiger partial charge in [0.05, 0.1) is 11.2 Å². The number of ketones is 1. The van der Waals surface area contributed by atoms with Gasteiger partial charge >= 0.3 is 0 Å². The van der Waals surface area contributed by atoms with E-state index in [1.165, 1.54) is 16.8 Å². The molecular weight excluding hydrogens is 352 g/mol. The molecular formula is C20H19F2N3O2. The molecule has 0 saturated heterocycles. The normalized spacial score (nSPS) is 28.2. The standard InChI is InChI=1S/C20H19F2N3O2/c1-20(6-2-3-16(20)26)23-19(27)17-13-8-10-7-12(10)18(13)25(24-17)15-5-4-11(21)9-14(15)22/h4-5,9-10,12H,2-3,6-8H2,1H3,(H,23,27)/t10-,12-,20?/m1/s1. The van der Waals surface area contributed by atoms with Gasteiger partial charge in [-0.15, -0.1) is 0 Å². The fourth-order valence-electron chi connectivity index (χ4n) is 4.59. The molecule has 0 spiro atoms. The van der Waals surface area contributed by atoms with E-state index < -0.39 is 23.1 Å². The Morgan fingerprint density at radius 1 is 1.37 bits per heavy atom. The van der Waals surface area contributed by atoms with Crippen LogP contribution in [0.5, 0.6) is 0 Å². The van der Waals surface area contributed by atoms with Crippen molar-refractivity contribution in [2.75, 3.05) is 0 Å². The molecule has 7 heteroatoms. The largest absolute Gasteiger partial charge is 0.338 e. The third-order valence-corrected chi connectivity index (χ3v) is 6.20. The summed E-state index contributed by atoms with van der Waals surface area (Å²) in [5, 5.41) is 7.25. The molecule has 1 heterocycles. The molecule has 2 saturated carbocycles. The number of carbonyl (C=O) groups excluding carboxylic acids is 2. The number of amides is 1. The Labute approximate surface area is 154 Å². The fourth-order valence-corrected chi connectivity index (χ4v) is 4.59. The number of Topliss-reactive ketones (excluding diaryl/α,β-unsaturated/α-hetero) is 1. The van der Waals surface area contributed by atoms with Gasteiger partial charge in [-0.05, 0) is 50.7 Å². The smallest absolute Gasteiger partial charge is 0.272 e. The van der Waals surface area contributed by atoms with Crippen LogP contribution in [0, 0.1) is 17.6 Å². The summed E-state index contributed by atoms with van der Waals surface area (Å²) in [4.78, 5) is 25.1. The first kappa shape index (κ1) is 16.6. The van der Waals surface area contributed by atoms with Crippen LogP contribution in [0.15, 0.2) is 18.2 Å². The quantitative estimate of drug-likeness (QED) is 0.902. The van der Waals surface area contributed by atoms with Gasteiger partial charge < -0.3 is 5.32 Å². The molecule has 1 aromatic heterocycles. The highest BCUT2D eigenvalue weighted by molar-refractivity contribution is 6.00. The van der Waals surface area contributed by atoms with Crippen molar-refractivity contribution >= 4 is 11.7 Å². The molecule has 3 aliphatic rings. The molecule has 1 aromatic carbocycles. The second kappa shape index (κ2) is 5.47. The van der Waals surface area contributed by atoms with E-state index in [0.29, 0.717) is 18.8 Å². The molecule has 140 valence electrons. The second-order valence-electron chi connectivity index (χ2n) is 8.09. The summed E-state index contributed by atoms with van der Waals surface area (Å²) in [6.45, 7) is 1.74. The number of halogens is 2. The molecule has 2 fully saturated rings. The molecule has 27 heavy (non-hydrogen) atoms. The lowest BCUT2D eigenvalue weighted by atomic mass is 9.99. The highest BCUT2D eigenvalue weighted by Crippen LogP contribution is 2.57. The van der Waals surface area contributed by atoms with E-state index in [0.717, 1.165) is 36.6 Å². The van der Waals surface area contributed by atoms with E-state index in [1.807, 2.05) is 0 Å². The van der Waals surface area contributed by atoms with Gasteiger partial charge in [-0.2, -0.15) is 5.10 Å².